The quantitative estimate of drug-likeness (QED) is 0.849. The highest BCUT2D eigenvalue weighted by atomic mass is 32.1. The molecule has 0 spiro atoms. The van der Waals surface area contributed by atoms with Crippen molar-refractivity contribution in [3.63, 3.8) is 0 Å². The fourth-order valence-corrected chi connectivity index (χ4v) is 2.37. The molecule has 0 aliphatic carbocycles. The SMILES string of the molecule is COc1ccc(N[C@@H](C)C(=O)Nc2nnc(C)s2)c(OC)c1. The molecule has 1 heterocycles. The number of carbonyl (C=O) groups excluding carboxylic acids is 1. The number of ether oxygens (including phenoxy) is 2. The number of benzene rings is 1. The Morgan fingerprint density at radius 3 is 2.64 bits per heavy atom. The minimum absolute atomic E-state index is 0.200. The number of hydrogen-bond donors (Lipinski definition) is 2. The van der Waals surface area contributed by atoms with E-state index in [1.54, 1.807) is 39.3 Å². The van der Waals surface area contributed by atoms with Crippen molar-refractivity contribution in [1.29, 1.82) is 0 Å². The molecular weight excluding hydrogens is 304 g/mol. The van der Waals surface area contributed by atoms with E-state index in [2.05, 4.69) is 20.8 Å². The molecule has 1 aromatic heterocycles. The number of rotatable bonds is 6. The first-order valence-electron chi connectivity index (χ1n) is 6.63. The molecule has 0 saturated carbocycles. The van der Waals surface area contributed by atoms with E-state index in [1.165, 1.54) is 11.3 Å². The predicted molar refractivity (Wildman–Crippen MR) is 85.9 cm³/mol. The van der Waals surface area contributed by atoms with Crippen molar-refractivity contribution < 1.29 is 14.3 Å². The Morgan fingerprint density at radius 1 is 1.27 bits per heavy atom. The van der Waals surface area contributed by atoms with E-state index in [0.29, 0.717) is 22.3 Å². The molecule has 2 aromatic rings. The first-order chi connectivity index (χ1) is 10.5. The predicted octanol–water partition coefficient (Wildman–Crippen LogP) is 2.30. The third-order valence-electron chi connectivity index (χ3n) is 2.93. The summed E-state index contributed by atoms with van der Waals surface area (Å²) in [4.78, 5) is 12.1. The number of aromatic nitrogens is 2. The highest BCUT2D eigenvalue weighted by molar-refractivity contribution is 7.15. The molecule has 22 heavy (non-hydrogen) atoms. The second-order valence-corrected chi connectivity index (χ2v) is 5.73. The Labute approximate surface area is 132 Å². The van der Waals surface area contributed by atoms with Crippen LogP contribution in [0.5, 0.6) is 11.5 Å². The monoisotopic (exact) mass is 322 g/mol. The fraction of sp³-hybridized carbons (Fsp3) is 0.357. The lowest BCUT2D eigenvalue weighted by molar-refractivity contribution is -0.116. The van der Waals surface area contributed by atoms with Crippen LogP contribution in [0.4, 0.5) is 10.8 Å². The lowest BCUT2D eigenvalue weighted by Gasteiger charge is -2.17. The van der Waals surface area contributed by atoms with Crippen LogP contribution in [0.15, 0.2) is 18.2 Å². The maximum absolute atomic E-state index is 12.1. The van der Waals surface area contributed by atoms with Crippen molar-refractivity contribution in [2.24, 2.45) is 0 Å². The van der Waals surface area contributed by atoms with Crippen molar-refractivity contribution in [3.05, 3.63) is 23.2 Å². The van der Waals surface area contributed by atoms with Gasteiger partial charge in [0.15, 0.2) is 0 Å². The largest absolute Gasteiger partial charge is 0.497 e. The lowest BCUT2D eigenvalue weighted by atomic mass is 10.2. The summed E-state index contributed by atoms with van der Waals surface area (Å²) in [5.74, 6) is 1.09. The van der Waals surface area contributed by atoms with Gasteiger partial charge >= 0.3 is 0 Å². The van der Waals surface area contributed by atoms with Crippen LogP contribution in [0.2, 0.25) is 0 Å². The van der Waals surface area contributed by atoms with E-state index in [0.717, 1.165) is 5.01 Å². The van der Waals surface area contributed by atoms with Crippen molar-refractivity contribution in [3.8, 4) is 11.5 Å². The van der Waals surface area contributed by atoms with Crippen molar-refractivity contribution in [2.45, 2.75) is 19.9 Å². The second-order valence-electron chi connectivity index (χ2n) is 4.55. The van der Waals surface area contributed by atoms with E-state index in [1.807, 2.05) is 6.92 Å². The van der Waals surface area contributed by atoms with Gasteiger partial charge in [-0.15, -0.1) is 10.2 Å². The zero-order valence-electron chi connectivity index (χ0n) is 12.8. The highest BCUT2D eigenvalue weighted by Gasteiger charge is 2.16. The van der Waals surface area contributed by atoms with Crippen LogP contribution in [-0.4, -0.2) is 36.4 Å². The molecule has 0 unspecified atom stereocenters. The number of amides is 1. The van der Waals surface area contributed by atoms with E-state index in [4.69, 9.17) is 9.47 Å². The van der Waals surface area contributed by atoms with Gasteiger partial charge in [0.25, 0.3) is 0 Å². The Morgan fingerprint density at radius 2 is 2.05 bits per heavy atom. The molecule has 0 bridgehead atoms. The molecule has 2 rings (SSSR count). The second kappa shape index (κ2) is 7.08. The number of nitrogens with one attached hydrogen (secondary N) is 2. The average molecular weight is 322 g/mol. The van der Waals surface area contributed by atoms with E-state index >= 15 is 0 Å². The third kappa shape index (κ3) is 3.85. The summed E-state index contributed by atoms with van der Waals surface area (Å²) in [5, 5.41) is 14.8. The molecule has 0 aliphatic rings. The summed E-state index contributed by atoms with van der Waals surface area (Å²) < 4.78 is 10.4. The van der Waals surface area contributed by atoms with Gasteiger partial charge in [0.1, 0.15) is 22.5 Å². The zero-order valence-corrected chi connectivity index (χ0v) is 13.7. The van der Waals surface area contributed by atoms with Crippen LogP contribution in [0, 0.1) is 6.92 Å². The maximum atomic E-state index is 12.1. The normalized spacial score (nSPS) is 11.6. The van der Waals surface area contributed by atoms with Gasteiger partial charge in [-0.2, -0.15) is 0 Å². The molecular formula is C14H18N4O3S. The molecule has 1 aromatic carbocycles. The maximum Gasteiger partial charge on any atom is 0.248 e. The minimum atomic E-state index is -0.466. The smallest absolute Gasteiger partial charge is 0.248 e. The van der Waals surface area contributed by atoms with Gasteiger partial charge in [0.2, 0.25) is 11.0 Å². The number of carbonyl (C=O) groups is 1. The molecule has 2 N–H and O–H groups in total. The Balaban J connectivity index is 2.04. The topological polar surface area (TPSA) is 85.4 Å². The summed E-state index contributed by atoms with van der Waals surface area (Å²) in [6, 6.07) is 4.88. The summed E-state index contributed by atoms with van der Waals surface area (Å²) in [5.41, 5.74) is 0.708. The summed E-state index contributed by atoms with van der Waals surface area (Å²) >= 11 is 1.33. The van der Waals surface area contributed by atoms with Crippen LogP contribution < -0.4 is 20.1 Å². The molecule has 0 aliphatic heterocycles. The number of hydrogen-bond acceptors (Lipinski definition) is 7. The van der Waals surface area contributed by atoms with Crippen LogP contribution in [0.1, 0.15) is 11.9 Å². The lowest BCUT2D eigenvalue weighted by Crippen LogP contribution is -2.32. The molecule has 0 saturated heterocycles. The first-order valence-corrected chi connectivity index (χ1v) is 7.44. The standard InChI is InChI=1S/C14H18N4O3S/c1-8(13(19)16-14-18-17-9(2)22-14)15-11-6-5-10(20-3)7-12(11)21-4/h5-8,15H,1-4H3,(H,16,18,19)/t8-/m0/s1. The van der Waals surface area contributed by atoms with E-state index in [-0.39, 0.29) is 5.91 Å². The van der Waals surface area contributed by atoms with Crippen molar-refractivity contribution in [1.82, 2.24) is 10.2 Å². The van der Waals surface area contributed by atoms with Gasteiger partial charge in [-0.1, -0.05) is 11.3 Å². The molecule has 118 valence electrons. The third-order valence-corrected chi connectivity index (χ3v) is 3.68. The number of methoxy groups -OCH3 is 2. The van der Waals surface area contributed by atoms with E-state index < -0.39 is 6.04 Å². The molecule has 7 nitrogen and oxygen atoms in total. The number of anilines is 2. The Hall–Kier alpha value is -2.35. The van der Waals surface area contributed by atoms with E-state index in [9.17, 15) is 4.79 Å². The van der Waals surface area contributed by atoms with Crippen molar-refractivity contribution >= 4 is 28.1 Å². The van der Waals surface area contributed by atoms with Crippen LogP contribution in [-0.2, 0) is 4.79 Å². The highest BCUT2D eigenvalue weighted by Crippen LogP contribution is 2.29. The minimum Gasteiger partial charge on any atom is -0.497 e. The van der Waals surface area contributed by atoms with Gasteiger partial charge in [-0.25, -0.2) is 0 Å². The van der Waals surface area contributed by atoms with Gasteiger partial charge < -0.3 is 14.8 Å². The number of aryl methyl sites for hydroxylation is 1. The Kier molecular flexibility index (Phi) is 5.16. The fourth-order valence-electron chi connectivity index (χ4n) is 1.78. The van der Waals surface area contributed by atoms with Gasteiger partial charge in [0, 0.05) is 6.07 Å². The molecule has 1 atom stereocenters. The van der Waals surface area contributed by atoms with Crippen LogP contribution in [0.25, 0.3) is 0 Å². The zero-order chi connectivity index (χ0) is 16.1. The van der Waals surface area contributed by atoms with Crippen LogP contribution >= 0.6 is 11.3 Å². The van der Waals surface area contributed by atoms with Crippen LogP contribution in [0.3, 0.4) is 0 Å². The molecule has 0 radical (unpaired) electrons. The number of nitrogens with zero attached hydrogens (tertiary/aromatic N) is 2. The summed E-state index contributed by atoms with van der Waals surface area (Å²) in [6.07, 6.45) is 0. The van der Waals surface area contributed by atoms with Gasteiger partial charge in [-0.05, 0) is 26.0 Å². The Bertz CT molecular complexity index is 659. The average Bonchev–Trinajstić information content (AvgIpc) is 2.92. The van der Waals surface area contributed by atoms with Gasteiger partial charge in [-0.3, -0.25) is 10.1 Å². The van der Waals surface area contributed by atoms with Crippen molar-refractivity contribution in [2.75, 3.05) is 24.9 Å². The molecule has 0 fully saturated rings. The summed E-state index contributed by atoms with van der Waals surface area (Å²) in [6.45, 7) is 3.59. The first kappa shape index (κ1) is 16.0. The summed E-state index contributed by atoms with van der Waals surface area (Å²) in [7, 11) is 3.15. The molecule has 1 amide bonds. The molecule has 8 heteroatoms. The van der Waals surface area contributed by atoms with Gasteiger partial charge in [0.05, 0.1) is 19.9 Å².